The third-order valence-corrected chi connectivity index (χ3v) is 8.05. The lowest BCUT2D eigenvalue weighted by Gasteiger charge is -2.34. The molecule has 1 fully saturated rings. The molecule has 2 aromatic heterocycles. The van der Waals surface area contributed by atoms with Crippen molar-refractivity contribution in [1.29, 1.82) is 0 Å². The maximum Gasteiger partial charge on any atom is 0.338 e. The number of nitrogens with zero attached hydrogens (tertiary/aromatic N) is 4. The number of imidazole rings is 1. The molecule has 0 spiro atoms. The second-order valence-electron chi connectivity index (χ2n) is 10.7. The standard InChI is InChI=1S/C33H26Cl2N4O7/c1-33(18-44-29(41)21-13-7-3-8-14-21)25(46-30(42)22-15-9-4-10-16-22)23(17-43-28(40)20-11-5-2-6-12-20)45-31(33)39-19-36-24-26(34)37-32(35)38-27(24)39/h2-16,19,23,25,31H,17-18H2,1H3/t23-,25-,31-,33-/m1/s1. The van der Waals surface area contributed by atoms with E-state index in [1.807, 2.05) is 0 Å². The van der Waals surface area contributed by atoms with Gasteiger partial charge in [-0.3, -0.25) is 4.57 Å². The van der Waals surface area contributed by atoms with Gasteiger partial charge in [-0.15, -0.1) is 0 Å². The molecule has 11 nitrogen and oxygen atoms in total. The quantitative estimate of drug-likeness (QED) is 0.0805. The molecule has 0 amide bonds. The minimum Gasteiger partial charge on any atom is -0.461 e. The van der Waals surface area contributed by atoms with E-state index >= 15 is 0 Å². The van der Waals surface area contributed by atoms with Crippen molar-refractivity contribution in [3.05, 3.63) is 124 Å². The Labute approximate surface area is 273 Å². The minimum atomic E-state index is -1.30. The van der Waals surface area contributed by atoms with E-state index in [9.17, 15) is 14.4 Å². The predicted octanol–water partition coefficient (Wildman–Crippen LogP) is 5.98. The van der Waals surface area contributed by atoms with E-state index in [0.717, 1.165) is 0 Å². The van der Waals surface area contributed by atoms with E-state index < -0.39 is 41.8 Å². The van der Waals surface area contributed by atoms with Crippen molar-refractivity contribution in [2.24, 2.45) is 5.41 Å². The largest absolute Gasteiger partial charge is 0.461 e. The van der Waals surface area contributed by atoms with E-state index in [1.165, 1.54) is 6.33 Å². The van der Waals surface area contributed by atoms with Crippen molar-refractivity contribution in [3.8, 4) is 0 Å². The molecule has 46 heavy (non-hydrogen) atoms. The normalized spacial score (nSPS) is 20.7. The van der Waals surface area contributed by atoms with Crippen LogP contribution in [0.5, 0.6) is 0 Å². The van der Waals surface area contributed by atoms with Gasteiger partial charge in [0.1, 0.15) is 37.2 Å². The summed E-state index contributed by atoms with van der Waals surface area (Å²) in [7, 11) is 0. The lowest BCUT2D eigenvalue weighted by Crippen LogP contribution is -2.45. The van der Waals surface area contributed by atoms with Crippen LogP contribution in [0, 0.1) is 5.41 Å². The summed E-state index contributed by atoms with van der Waals surface area (Å²) < 4.78 is 25.7. The zero-order valence-corrected chi connectivity index (χ0v) is 25.8. The van der Waals surface area contributed by atoms with Crippen molar-refractivity contribution in [2.45, 2.75) is 25.4 Å². The lowest BCUT2D eigenvalue weighted by molar-refractivity contribution is -0.0657. The summed E-state index contributed by atoms with van der Waals surface area (Å²) >= 11 is 12.5. The fraction of sp³-hybridized carbons (Fsp3) is 0.212. The molecule has 234 valence electrons. The van der Waals surface area contributed by atoms with Crippen LogP contribution in [0.3, 0.4) is 0 Å². The number of carbonyl (C=O) groups excluding carboxylic acids is 3. The number of carbonyl (C=O) groups is 3. The van der Waals surface area contributed by atoms with Gasteiger partial charge in [0.2, 0.25) is 5.28 Å². The Morgan fingerprint density at radius 3 is 1.93 bits per heavy atom. The molecule has 1 aliphatic rings. The number of esters is 3. The predicted molar refractivity (Wildman–Crippen MR) is 166 cm³/mol. The van der Waals surface area contributed by atoms with Gasteiger partial charge < -0.3 is 18.9 Å². The number of hydrogen-bond donors (Lipinski definition) is 0. The number of ether oxygens (including phenoxy) is 4. The van der Waals surface area contributed by atoms with Crippen LogP contribution in [0.2, 0.25) is 10.4 Å². The highest BCUT2D eigenvalue weighted by atomic mass is 35.5. The first-order chi connectivity index (χ1) is 22.2. The summed E-state index contributed by atoms with van der Waals surface area (Å²) in [5.74, 6) is -1.85. The lowest BCUT2D eigenvalue weighted by atomic mass is 9.82. The Bertz CT molecular complexity index is 1880. The summed E-state index contributed by atoms with van der Waals surface area (Å²) in [5.41, 5.74) is 0.119. The number of rotatable bonds is 9. The van der Waals surface area contributed by atoms with Crippen molar-refractivity contribution in [1.82, 2.24) is 19.5 Å². The highest BCUT2D eigenvalue weighted by molar-refractivity contribution is 6.35. The van der Waals surface area contributed by atoms with Crippen LogP contribution in [0.15, 0.2) is 97.3 Å². The van der Waals surface area contributed by atoms with Gasteiger partial charge in [0, 0.05) is 0 Å². The van der Waals surface area contributed by atoms with Gasteiger partial charge in [-0.2, -0.15) is 4.98 Å². The second kappa shape index (κ2) is 13.3. The average Bonchev–Trinajstić information content (AvgIpc) is 3.62. The van der Waals surface area contributed by atoms with Gasteiger partial charge in [0.25, 0.3) is 0 Å². The summed E-state index contributed by atoms with van der Waals surface area (Å²) in [4.78, 5) is 52.2. The van der Waals surface area contributed by atoms with Gasteiger partial charge in [-0.25, -0.2) is 24.4 Å². The van der Waals surface area contributed by atoms with Crippen molar-refractivity contribution in [3.63, 3.8) is 0 Å². The van der Waals surface area contributed by atoms with Crippen LogP contribution < -0.4 is 0 Å². The van der Waals surface area contributed by atoms with Crippen LogP contribution in [0.25, 0.3) is 11.2 Å². The zero-order valence-electron chi connectivity index (χ0n) is 24.3. The number of aromatic nitrogens is 4. The summed E-state index contributed by atoms with van der Waals surface area (Å²) in [6.45, 7) is 1.14. The van der Waals surface area contributed by atoms with Gasteiger partial charge in [0.15, 0.2) is 10.8 Å². The Kier molecular flexibility index (Phi) is 8.98. The SMILES string of the molecule is C[C@@]1(COC(=O)c2ccccc2)[C@H](OC(=O)c2ccccc2)[C@@H](COC(=O)c2ccccc2)O[C@H]1n1cnc2c(Cl)nc(Cl)nc21. The number of fused-ring (bicyclic) bond motifs is 1. The van der Waals surface area contributed by atoms with Crippen LogP contribution >= 0.6 is 23.2 Å². The molecule has 4 atom stereocenters. The third-order valence-electron chi connectivity index (χ3n) is 7.62. The molecule has 6 rings (SSSR count). The van der Waals surface area contributed by atoms with Crippen LogP contribution in [-0.2, 0) is 18.9 Å². The van der Waals surface area contributed by atoms with Gasteiger partial charge >= 0.3 is 17.9 Å². The fourth-order valence-electron chi connectivity index (χ4n) is 5.31. The molecule has 1 saturated heterocycles. The fourth-order valence-corrected chi connectivity index (χ4v) is 5.73. The Morgan fingerprint density at radius 1 is 0.804 bits per heavy atom. The highest BCUT2D eigenvalue weighted by Gasteiger charge is 2.58. The first kappa shape index (κ1) is 31.2. The molecule has 0 radical (unpaired) electrons. The summed E-state index contributed by atoms with van der Waals surface area (Å²) in [6, 6.07) is 25.3. The van der Waals surface area contributed by atoms with Gasteiger partial charge in [0.05, 0.1) is 28.4 Å². The molecule has 13 heteroatoms. The first-order valence-corrected chi connectivity index (χ1v) is 14.9. The van der Waals surface area contributed by atoms with Crippen LogP contribution in [-0.4, -0.2) is 62.8 Å². The Morgan fingerprint density at radius 2 is 1.35 bits per heavy atom. The minimum absolute atomic E-state index is 0.0179. The number of benzene rings is 3. The Balaban J connectivity index is 1.39. The molecule has 5 aromatic rings. The van der Waals surface area contributed by atoms with Crippen molar-refractivity contribution < 1.29 is 33.3 Å². The smallest absolute Gasteiger partial charge is 0.338 e. The van der Waals surface area contributed by atoms with Crippen molar-refractivity contribution >= 4 is 52.3 Å². The topological polar surface area (TPSA) is 132 Å². The molecule has 0 saturated carbocycles. The molecule has 0 N–H and O–H groups in total. The molecule has 3 heterocycles. The van der Waals surface area contributed by atoms with Gasteiger partial charge in [-0.05, 0) is 54.9 Å². The van der Waals surface area contributed by atoms with E-state index in [4.69, 9.17) is 42.1 Å². The highest BCUT2D eigenvalue weighted by Crippen LogP contribution is 2.49. The number of halogens is 2. The molecule has 3 aromatic carbocycles. The number of hydrogen-bond acceptors (Lipinski definition) is 10. The molecule has 0 bridgehead atoms. The average molecular weight is 661 g/mol. The second-order valence-corrected chi connectivity index (χ2v) is 11.4. The van der Waals surface area contributed by atoms with Crippen molar-refractivity contribution in [2.75, 3.05) is 13.2 Å². The van der Waals surface area contributed by atoms with Crippen LogP contribution in [0.1, 0.15) is 44.2 Å². The van der Waals surface area contributed by atoms with Gasteiger partial charge in [-0.1, -0.05) is 66.2 Å². The summed E-state index contributed by atoms with van der Waals surface area (Å²) in [6.07, 6.45) is -1.73. The van der Waals surface area contributed by atoms with E-state index in [0.29, 0.717) is 11.1 Å². The molecular formula is C33H26Cl2N4O7. The first-order valence-electron chi connectivity index (χ1n) is 14.2. The monoisotopic (exact) mass is 660 g/mol. The molecule has 1 aliphatic heterocycles. The summed E-state index contributed by atoms with van der Waals surface area (Å²) in [5, 5.41) is -0.112. The van der Waals surface area contributed by atoms with E-state index in [-0.39, 0.29) is 40.4 Å². The van der Waals surface area contributed by atoms with E-state index in [1.54, 1.807) is 102 Å². The zero-order chi connectivity index (χ0) is 32.3. The third kappa shape index (κ3) is 6.30. The maximum atomic E-state index is 13.5. The van der Waals surface area contributed by atoms with Crippen LogP contribution in [0.4, 0.5) is 0 Å². The molecule has 0 aliphatic carbocycles. The molecular weight excluding hydrogens is 635 g/mol. The Hall–Kier alpha value is -4.84. The molecule has 0 unspecified atom stereocenters. The maximum absolute atomic E-state index is 13.5. The van der Waals surface area contributed by atoms with E-state index in [2.05, 4.69) is 15.0 Å².